The number of aryl methyl sites for hydroxylation is 1. The summed E-state index contributed by atoms with van der Waals surface area (Å²) in [5, 5.41) is 10.8. The van der Waals surface area contributed by atoms with Crippen molar-refractivity contribution in [2.45, 2.75) is 25.9 Å². The van der Waals surface area contributed by atoms with E-state index in [9.17, 15) is 9.59 Å². The SMILES string of the molecule is CN(C)C(=O)c1ccc(Oc2cc(C(=O)Nc3cnn(C)n3)cc3c2CC(C)(C)O3)cc1. The van der Waals surface area contributed by atoms with E-state index in [0.29, 0.717) is 40.6 Å². The lowest BCUT2D eigenvalue weighted by Gasteiger charge is -2.16. The highest BCUT2D eigenvalue weighted by molar-refractivity contribution is 6.04. The molecule has 1 aliphatic rings. The maximum absolute atomic E-state index is 12.8. The average molecular weight is 435 g/mol. The van der Waals surface area contributed by atoms with Crippen molar-refractivity contribution in [3.8, 4) is 17.2 Å². The molecular weight excluding hydrogens is 410 g/mol. The van der Waals surface area contributed by atoms with Crippen molar-refractivity contribution in [3.63, 3.8) is 0 Å². The van der Waals surface area contributed by atoms with Crippen molar-refractivity contribution in [3.05, 3.63) is 59.3 Å². The predicted molar refractivity (Wildman–Crippen MR) is 118 cm³/mol. The quantitative estimate of drug-likeness (QED) is 0.660. The molecule has 166 valence electrons. The van der Waals surface area contributed by atoms with Gasteiger partial charge in [0.1, 0.15) is 22.8 Å². The van der Waals surface area contributed by atoms with E-state index < -0.39 is 5.60 Å². The monoisotopic (exact) mass is 435 g/mol. The van der Waals surface area contributed by atoms with Gasteiger partial charge in [0, 0.05) is 44.3 Å². The number of ether oxygens (including phenoxy) is 2. The highest BCUT2D eigenvalue weighted by Gasteiger charge is 2.34. The van der Waals surface area contributed by atoms with Crippen molar-refractivity contribution < 1.29 is 19.1 Å². The van der Waals surface area contributed by atoms with Gasteiger partial charge in [-0.2, -0.15) is 9.90 Å². The minimum absolute atomic E-state index is 0.0877. The van der Waals surface area contributed by atoms with E-state index in [2.05, 4.69) is 15.5 Å². The lowest BCUT2D eigenvalue weighted by atomic mass is 9.99. The van der Waals surface area contributed by atoms with E-state index in [0.717, 1.165) is 5.56 Å². The molecule has 1 aliphatic heterocycles. The molecule has 2 aromatic carbocycles. The van der Waals surface area contributed by atoms with E-state index >= 15 is 0 Å². The van der Waals surface area contributed by atoms with Crippen LogP contribution in [0.4, 0.5) is 5.82 Å². The van der Waals surface area contributed by atoms with Gasteiger partial charge >= 0.3 is 0 Å². The van der Waals surface area contributed by atoms with Crippen LogP contribution < -0.4 is 14.8 Å². The number of fused-ring (bicyclic) bond motifs is 1. The number of carbonyl (C=O) groups excluding carboxylic acids is 2. The molecule has 0 unspecified atom stereocenters. The molecule has 0 saturated heterocycles. The number of nitrogens with zero attached hydrogens (tertiary/aromatic N) is 4. The van der Waals surface area contributed by atoms with Crippen LogP contribution in [0.5, 0.6) is 17.2 Å². The van der Waals surface area contributed by atoms with Gasteiger partial charge in [-0.3, -0.25) is 9.59 Å². The van der Waals surface area contributed by atoms with E-state index in [-0.39, 0.29) is 11.8 Å². The van der Waals surface area contributed by atoms with Gasteiger partial charge in [-0.15, -0.1) is 5.10 Å². The molecule has 4 rings (SSSR count). The number of rotatable bonds is 5. The number of amides is 2. The largest absolute Gasteiger partial charge is 0.487 e. The molecule has 0 radical (unpaired) electrons. The predicted octanol–water partition coefficient (Wildman–Crippen LogP) is 3.28. The second kappa shape index (κ2) is 7.99. The van der Waals surface area contributed by atoms with Crippen LogP contribution in [0.25, 0.3) is 0 Å². The highest BCUT2D eigenvalue weighted by Crippen LogP contribution is 2.43. The molecule has 0 atom stereocenters. The fourth-order valence-electron chi connectivity index (χ4n) is 3.51. The zero-order valence-corrected chi connectivity index (χ0v) is 18.7. The van der Waals surface area contributed by atoms with Gasteiger partial charge in [0.05, 0.1) is 6.20 Å². The van der Waals surface area contributed by atoms with Crippen molar-refractivity contribution in [2.75, 3.05) is 19.4 Å². The summed E-state index contributed by atoms with van der Waals surface area (Å²) in [6.45, 7) is 3.97. The number of hydrogen-bond acceptors (Lipinski definition) is 6. The van der Waals surface area contributed by atoms with Gasteiger partial charge in [0.2, 0.25) is 0 Å². The molecule has 2 heterocycles. The van der Waals surface area contributed by atoms with Crippen LogP contribution in [0.2, 0.25) is 0 Å². The van der Waals surface area contributed by atoms with E-state index in [1.54, 1.807) is 57.5 Å². The molecule has 9 nitrogen and oxygen atoms in total. The minimum Gasteiger partial charge on any atom is -0.487 e. The Kier molecular flexibility index (Phi) is 5.33. The first-order valence-corrected chi connectivity index (χ1v) is 10.1. The third-order valence-corrected chi connectivity index (χ3v) is 5.00. The molecule has 1 N–H and O–H groups in total. The molecule has 32 heavy (non-hydrogen) atoms. The lowest BCUT2D eigenvalue weighted by molar-refractivity contribution is 0.0827. The molecular formula is C23H25N5O4. The van der Waals surface area contributed by atoms with Gasteiger partial charge in [-0.1, -0.05) is 0 Å². The molecule has 0 bridgehead atoms. The van der Waals surface area contributed by atoms with Gasteiger partial charge in [-0.05, 0) is 50.2 Å². The Morgan fingerprint density at radius 1 is 1.16 bits per heavy atom. The number of carbonyl (C=O) groups is 2. The first-order valence-electron chi connectivity index (χ1n) is 10.1. The van der Waals surface area contributed by atoms with Crippen LogP contribution in [-0.2, 0) is 13.5 Å². The van der Waals surface area contributed by atoms with Crippen LogP contribution in [0, 0.1) is 0 Å². The Morgan fingerprint density at radius 2 is 1.88 bits per heavy atom. The third-order valence-electron chi connectivity index (χ3n) is 5.00. The summed E-state index contributed by atoms with van der Waals surface area (Å²) >= 11 is 0. The molecule has 1 aromatic heterocycles. The highest BCUT2D eigenvalue weighted by atomic mass is 16.5. The van der Waals surface area contributed by atoms with Crippen molar-refractivity contribution in [2.24, 2.45) is 7.05 Å². The molecule has 0 fully saturated rings. The summed E-state index contributed by atoms with van der Waals surface area (Å²) in [4.78, 5) is 27.8. The Hall–Kier alpha value is -3.88. The van der Waals surface area contributed by atoms with Crippen LogP contribution in [0.15, 0.2) is 42.6 Å². The average Bonchev–Trinajstić information content (AvgIpc) is 3.28. The molecule has 0 spiro atoms. The lowest BCUT2D eigenvalue weighted by Crippen LogP contribution is -2.24. The third kappa shape index (κ3) is 4.41. The van der Waals surface area contributed by atoms with E-state index in [4.69, 9.17) is 9.47 Å². The fourth-order valence-corrected chi connectivity index (χ4v) is 3.51. The Morgan fingerprint density at radius 3 is 2.50 bits per heavy atom. The summed E-state index contributed by atoms with van der Waals surface area (Å²) < 4.78 is 12.2. The normalized spacial score (nSPS) is 13.8. The Balaban J connectivity index is 1.63. The second-order valence-electron chi connectivity index (χ2n) is 8.49. The van der Waals surface area contributed by atoms with Crippen molar-refractivity contribution in [1.82, 2.24) is 19.9 Å². The summed E-state index contributed by atoms with van der Waals surface area (Å²) in [6, 6.07) is 10.3. The first kappa shape index (κ1) is 21.4. The first-order chi connectivity index (χ1) is 15.1. The smallest absolute Gasteiger partial charge is 0.257 e. The summed E-state index contributed by atoms with van der Waals surface area (Å²) in [5.74, 6) is 1.61. The van der Waals surface area contributed by atoms with Crippen LogP contribution in [-0.4, -0.2) is 51.4 Å². The fraction of sp³-hybridized carbons (Fsp3) is 0.304. The van der Waals surface area contributed by atoms with Crippen LogP contribution >= 0.6 is 0 Å². The molecule has 2 amide bonds. The number of nitrogens with one attached hydrogen (secondary N) is 1. The maximum Gasteiger partial charge on any atom is 0.257 e. The Bertz CT molecular complexity index is 1180. The number of anilines is 1. The van der Waals surface area contributed by atoms with E-state index in [1.165, 1.54) is 15.9 Å². The second-order valence-corrected chi connectivity index (χ2v) is 8.49. The molecule has 9 heteroatoms. The standard InChI is InChI=1S/C23H25N5O4/c1-23(2)12-17-18(31-16-8-6-14(7-9-16)22(30)27(3)4)10-15(11-19(17)32-23)21(29)25-20-13-24-28(5)26-20/h6-11,13H,12H2,1-5H3,(H,25,26,29). The summed E-state index contributed by atoms with van der Waals surface area (Å²) in [6.07, 6.45) is 2.11. The minimum atomic E-state index is -0.414. The Labute approximate surface area is 185 Å². The number of benzene rings is 2. The van der Waals surface area contributed by atoms with Crippen LogP contribution in [0.1, 0.15) is 40.1 Å². The van der Waals surface area contributed by atoms with Crippen molar-refractivity contribution in [1.29, 1.82) is 0 Å². The zero-order valence-electron chi connectivity index (χ0n) is 18.7. The van der Waals surface area contributed by atoms with Gasteiger partial charge in [-0.25, -0.2) is 0 Å². The van der Waals surface area contributed by atoms with Gasteiger partial charge < -0.3 is 19.7 Å². The van der Waals surface area contributed by atoms with Gasteiger partial charge in [0.25, 0.3) is 11.8 Å². The van der Waals surface area contributed by atoms with Crippen molar-refractivity contribution >= 4 is 17.6 Å². The summed E-state index contributed by atoms with van der Waals surface area (Å²) in [7, 11) is 5.08. The molecule has 0 aliphatic carbocycles. The van der Waals surface area contributed by atoms with Crippen LogP contribution in [0.3, 0.4) is 0 Å². The van der Waals surface area contributed by atoms with E-state index in [1.807, 2.05) is 13.8 Å². The maximum atomic E-state index is 12.8. The molecule has 3 aromatic rings. The van der Waals surface area contributed by atoms with Gasteiger partial charge in [0.15, 0.2) is 5.82 Å². The number of hydrogen-bond donors (Lipinski definition) is 1. The topological polar surface area (TPSA) is 98.6 Å². The number of aromatic nitrogens is 3. The molecule has 0 saturated carbocycles. The zero-order chi connectivity index (χ0) is 23.0. The summed E-state index contributed by atoms with van der Waals surface area (Å²) in [5.41, 5.74) is 1.41.